The van der Waals surface area contributed by atoms with Crippen LogP contribution in [-0.2, 0) is 0 Å². The molecule has 0 aromatic heterocycles. The lowest BCUT2D eigenvalue weighted by molar-refractivity contribution is -0.00754. The first kappa shape index (κ1) is 8.49. The maximum atomic E-state index is 13.1. The van der Waals surface area contributed by atoms with Gasteiger partial charge in [0, 0.05) is 12.1 Å². The van der Waals surface area contributed by atoms with Crippen LogP contribution in [0.1, 0.15) is 39.0 Å². The molecule has 0 amide bonds. The quantitative estimate of drug-likeness (QED) is 0.585. The second-order valence-electron chi connectivity index (χ2n) is 4.54. The highest BCUT2D eigenvalue weighted by Gasteiger charge is 2.39. The van der Waals surface area contributed by atoms with Crippen molar-refractivity contribution < 1.29 is 4.39 Å². The van der Waals surface area contributed by atoms with Crippen LogP contribution in [0, 0.1) is 0 Å². The summed E-state index contributed by atoms with van der Waals surface area (Å²) >= 11 is 0. The average Bonchev–Trinajstić information content (AvgIpc) is 2.00. The first-order valence-electron chi connectivity index (χ1n) is 5.10. The summed E-state index contributed by atoms with van der Waals surface area (Å²) in [6, 6.07) is 0. The predicted octanol–water partition coefficient (Wildman–Crippen LogP) is 2.36. The maximum absolute atomic E-state index is 13.1. The van der Waals surface area contributed by atoms with E-state index >= 15 is 0 Å². The highest BCUT2D eigenvalue weighted by Crippen LogP contribution is 2.38. The van der Waals surface area contributed by atoms with Gasteiger partial charge in [-0.1, -0.05) is 0 Å². The molecule has 2 fully saturated rings. The molecule has 0 bridgehead atoms. The van der Waals surface area contributed by atoms with Crippen LogP contribution in [0.2, 0.25) is 0 Å². The molecular weight excluding hydrogens is 153 g/mol. The normalized spacial score (nSPS) is 36.0. The van der Waals surface area contributed by atoms with Crippen molar-refractivity contribution in [3.8, 4) is 0 Å². The minimum absolute atomic E-state index is 0.366. The third-order valence-corrected chi connectivity index (χ3v) is 3.56. The number of halogens is 1. The van der Waals surface area contributed by atoms with E-state index in [1.54, 1.807) is 0 Å². The second kappa shape index (κ2) is 2.99. The van der Waals surface area contributed by atoms with Crippen molar-refractivity contribution in [1.29, 1.82) is 0 Å². The van der Waals surface area contributed by atoms with E-state index < -0.39 is 6.17 Å². The molecule has 0 radical (unpaired) electrons. The molecule has 2 aliphatic rings. The molecule has 1 unspecified atom stereocenters. The van der Waals surface area contributed by atoms with Gasteiger partial charge in [0.05, 0.1) is 0 Å². The lowest BCUT2D eigenvalue weighted by Crippen LogP contribution is -2.55. The van der Waals surface area contributed by atoms with Gasteiger partial charge in [0.2, 0.25) is 0 Å². The van der Waals surface area contributed by atoms with Gasteiger partial charge in [-0.3, -0.25) is 4.90 Å². The number of hydrogen-bond acceptors (Lipinski definition) is 1. The van der Waals surface area contributed by atoms with Crippen molar-refractivity contribution in [3.05, 3.63) is 0 Å². The number of hydrogen-bond donors (Lipinski definition) is 0. The summed E-state index contributed by atoms with van der Waals surface area (Å²) in [5, 5.41) is 0. The van der Waals surface area contributed by atoms with Gasteiger partial charge in [0.25, 0.3) is 0 Å². The Labute approximate surface area is 73.9 Å². The molecule has 1 atom stereocenters. The van der Waals surface area contributed by atoms with Gasteiger partial charge in [-0.05, 0) is 45.6 Å². The zero-order chi connectivity index (χ0) is 8.60. The van der Waals surface area contributed by atoms with Crippen molar-refractivity contribution in [2.24, 2.45) is 0 Å². The number of piperidine rings is 1. The zero-order valence-electron chi connectivity index (χ0n) is 7.85. The van der Waals surface area contributed by atoms with Gasteiger partial charge in [0.15, 0.2) is 0 Å². The molecule has 0 spiro atoms. The Bertz CT molecular complexity index is 165. The summed E-state index contributed by atoms with van der Waals surface area (Å²) in [6.45, 7) is 4.10. The molecule has 1 saturated heterocycles. The van der Waals surface area contributed by atoms with Crippen LogP contribution in [0.5, 0.6) is 0 Å². The van der Waals surface area contributed by atoms with Crippen LogP contribution in [0.15, 0.2) is 0 Å². The Morgan fingerprint density at radius 2 is 2.08 bits per heavy atom. The van der Waals surface area contributed by atoms with E-state index in [-0.39, 0.29) is 0 Å². The monoisotopic (exact) mass is 171 g/mol. The van der Waals surface area contributed by atoms with E-state index in [2.05, 4.69) is 11.8 Å². The lowest BCUT2D eigenvalue weighted by Gasteiger charge is -2.50. The SMILES string of the molecule is CC1(N2CCCC(F)C2)CCC1. The third kappa shape index (κ3) is 1.37. The summed E-state index contributed by atoms with van der Waals surface area (Å²) in [5.41, 5.74) is 0.366. The smallest absolute Gasteiger partial charge is 0.113 e. The van der Waals surface area contributed by atoms with Crippen LogP contribution < -0.4 is 0 Å². The Hall–Kier alpha value is -0.110. The van der Waals surface area contributed by atoms with E-state index in [9.17, 15) is 4.39 Å². The Morgan fingerprint density at radius 3 is 2.58 bits per heavy atom. The van der Waals surface area contributed by atoms with E-state index in [0.29, 0.717) is 12.1 Å². The molecule has 1 aliphatic carbocycles. The fourth-order valence-electron chi connectivity index (χ4n) is 2.42. The molecule has 2 rings (SSSR count). The van der Waals surface area contributed by atoms with Crippen molar-refractivity contribution in [2.75, 3.05) is 13.1 Å². The first-order chi connectivity index (χ1) is 5.71. The summed E-state index contributed by atoms with van der Waals surface area (Å²) in [6.07, 6.45) is 5.17. The van der Waals surface area contributed by atoms with Gasteiger partial charge in [0.1, 0.15) is 6.17 Å². The van der Waals surface area contributed by atoms with Gasteiger partial charge in [-0.15, -0.1) is 0 Å². The third-order valence-electron chi connectivity index (χ3n) is 3.56. The van der Waals surface area contributed by atoms with Crippen molar-refractivity contribution in [1.82, 2.24) is 4.90 Å². The first-order valence-corrected chi connectivity index (χ1v) is 5.10. The van der Waals surface area contributed by atoms with Crippen LogP contribution in [0.25, 0.3) is 0 Å². The average molecular weight is 171 g/mol. The van der Waals surface area contributed by atoms with E-state index in [1.165, 1.54) is 19.3 Å². The van der Waals surface area contributed by atoms with Crippen molar-refractivity contribution >= 4 is 0 Å². The summed E-state index contributed by atoms with van der Waals surface area (Å²) in [5.74, 6) is 0. The van der Waals surface area contributed by atoms with E-state index in [1.807, 2.05) is 0 Å². The van der Waals surface area contributed by atoms with Crippen LogP contribution in [0.4, 0.5) is 4.39 Å². The van der Waals surface area contributed by atoms with Crippen molar-refractivity contribution in [3.63, 3.8) is 0 Å². The topological polar surface area (TPSA) is 3.24 Å². The molecule has 70 valence electrons. The largest absolute Gasteiger partial charge is 0.295 e. The predicted molar refractivity (Wildman–Crippen MR) is 48.0 cm³/mol. The number of likely N-dealkylation sites (tertiary alicyclic amines) is 1. The molecular formula is C10H18FN. The molecule has 0 aromatic carbocycles. The minimum Gasteiger partial charge on any atom is -0.295 e. The Balaban J connectivity index is 1.94. The molecule has 0 N–H and O–H groups in total. The van der Waals surface area contributed by atoms with Crippen LogP contribution >= 0.6 is 0 Å². The standard InChI is InChI=1S/C10H18FN/c1-10(5-3-6-10)12-7-2-4-9(11)8-12/h9H,2-8H2,1H3. The summed E-state index contributed by atoms with van der Waals surface area (Å²) in [7, 11) is 0. The van der Waals surface area contributed by atoms with Crippen molar-refractivity contribution in [2.45, 2.75) is 50.7 Å². The molecule has 1 nitrogen and oxygen atoms in total. The molecule has 1 saturated carbocycles. The second-order valence-corrected chi connectivity index (χ2v) is 4.54. The molecule has 1 heterocycles. The molecule has 0 aromatic rings. The number of nitrogens with zero attached hydrogens (tertiary/aromatic N) is 1. The fraction of sp³-hybridized carbons (Fsp3) is 1.00. The van der Waals surface area contributed by atoms with Gasteiger partial charge < -0.3 is 0 Å². The van der Waals surface area contributed by atoms with Crippen LogP contribution in [0.3, 0.4) is 0 Å². The maximum Gasteiger partial charge on any atom is 0.113 e. The number of alkyl halides is 1. The molecule has 1 aliphatic heterocycles. The highest BCUT2D eigenvalue weighted by molar-refractivity contribution is 4.95. The lowest BCUT2D eigenvalue weighted by atomic mass is 9.76. The minimum atomic E-state index is -0.559. The summed E-state index contributed by atoms with van der Waals surface area (Å²) in [4.78, 5) is 2.37. The van der Waals surface area contributed by atoms with E-state index in [4.69, 9.17) is 0 Å². The highest BCUT2D eigenvalue weighted by atomic mass is 19.1. The number of rotatable bonds is 1. The fourth-order valence-corrected chi connectivity index (χ4v) is 2.42. The molecule has 2 heteroatoms. The zero-order valence-corrected chi connectivity index (χ0v) is 7.85. The Morgan fingerprint density at radius 1 is 1.33 bits per heavy atom. The van der Waals surface area contributed by atoms with Gasteiger partial charge in [-0.25, -0.2) is 4.39 Å². The van der Waals surface area contributed by atoms with Crippen LogP contribution in [-0.4, -0.2) is 29.7 Å². The van der Waals surface area contributed by atoms with Gasteiger partial charge >= 0.3 is 0 Å². The Kier molecular flexibility index (Phi) is 2.11. The van der Waals surface area contributed by atoms with E-state index in [0.717, 1.165) is 19.4 Å². The summed E-state index contributed by atoms with van der Waals surface area (Å²) < 4.78 is 13.1. The molecule has 12 heavy (non-hydrogen) atoms. The van der Waals surface area contributed by atoms with Gasteiger partial charge in [-0.2, -0.15) is 0 Å².